The third kappa shape index (κ3) is 5.73. The maximum Gasteiger partial charge on any atom is 0.278 e. The maximum absolute atomic E-state index is 13.4. The van der Waals surface area contributed by atoms with E-state index in [1.807, 2.05) is 63.2 Å². The first-order valence-electron chi connectivity index (χ1n) is 11.3. The standard InChI is InChI=1S/C26H32N2O5/c1-5-15-33-20-11-9-19(10-12-20)23-24(27-21-17-18(3)8-13-22(21)31-4)26(30)28(25(23)29)14-7-16-32-6-2/h8-13,17,27H,5-7,14-16H2,1-4H3. The van der Waals surface area contributed by atoms with Crippen LogP contribution in [0.5, 0.6) is 11.5 Å². The van der Waals surface area contributed by atoms with Crippen molar-refractivity contribution in [2.75, 3.05) is 38.8 Å². The zero-order valence-electron chi connectivity index (χ0n) is 19.8. The summed E-state index contributed by atoms with van der Waals surface area (Å²) in [7, 11) is 1.57. The highest BCUT2D eigenvalue weighted by Gasteiger charge is 2.39. The Labute approximate surface area is 195 Å². The van der Waals surface area contributed by atoms with Crippen LogP contribution in [-0.4, -0.2) is 50.2 Å². The minimum atomic E-state index is -0.360. The van der Waals surface area contributed by atoms with Crippen LogP contribution in [0.2, 0.25) is 0 Å². The van der Waals surface area contributed by atoms with Gasteiger partial charge in [0.15, 0.2) is 0 Å². The van der Waals surface area contributed by atoms with Gasteiger partial charge in [0.1, 0.15) is 17.2 Å². The monoisotopic (exact) mass is 452 g/mol. The number of amides is 2. The lowest BCUT2D eigenvalue weighted by atomic mass is 10.0. The third-order valence-electron chi connectivity index (χ3n) is 5.27. The third-order valence-corrected chi connectivity index (χ3v) is 5.27. The molecule has 7 nitrogen and oxygen atoms in total. The minimum Gasteiger partial charge on any atom is -0.495 e. The molecule has 176 valence electrons. The van der Waals surface area contributed by atoms with E-state index in [-0.39, 0.29) is 24.1 Å². The van der Waals surface area contributed by atoms with Gasteiger partial charge in [0.2, 0.25) is 0 Å². The van der Waals surface area contributed by atoms with Gasteiger partial charge in [0.25, 0.3) is 11.8 Å². The molecule has 33 heavy (non-hydrogen) atoms. The van der Waals surface area contributed by atoms with Gasteiger partial charge in [0, 0.05) is 19.8 Å². The summed E-state index contributed by atoms with van der Waals surface area (Å²) in [6, 6.07) is 12.9. The Kier molecular flexibility index (Phi) is 8.49. The van der Waals surface area contributed by atoms with E-state index in [2.05, 4.69) is 5.32 Å². The van der Waals surface area contributed by atoms with Gasteiger partial charge in [-0.05, 0) is 62.1 Å². The van der Waals surface area contributed by atoms with Gasteiger partial charge < -0.3 is 19.5 Å². The molecule has 0 aliphatic carbocycles. The molecule has 0 saturated heterocycles. The summed E-state index contributed by atoms with van der Waals surface area (Å²) in [6.45, 7) is 7.90. The van der Waals surface area contributed by atoms with Crippen molar-refractivity contribution in [2.24, 2.45) is 0 Å². The number of methoxy groups -OCH3 is 1. The second-order valence-electron chi connectivity index (χ2n) is 7.76. The molecule has 0 aromatic heterocycles. The summed E-state index contributed by atoms with van der Waals surface area (Å²) >= 11 is 0. The minimum absolute atomic E-state index is 0.238. The van der Waals surface area contributed by atoms with Gasteiger partial charge in [-0.3, -0.25) is 14.5 Å². The molecular formula is C26H32N2O5. The molecule has 0 saturated carbocycles. The molecule has 2 aromatic carbocycles. The average Bonchev–Trinajstić information content (AvgIpc) is 3.05. The van der Waals surface area contributed by atoms with Crippen molar-refractivity contribution in [1.29, 1.82) is 0 Å². The average molecular weight is 453 g/mol. The Morgan fingerprint density at radius 1 is 0.970 bits per heavy atom. The van der Waals surface area contributed by atoms with Crippen LogP contribution in [0, 0.1) is 6.92 Å². The second-order valence-corrected chi connectivity index (χ2v) is 7.76. The number of carbonyl (C=O) groups is 2. The fraction of sp³-hybridized carbons (Fsp3) is 0.385. The van der Waals surface area contributed by atoms with Crippen LogP contribution in [-0.2, 0) is 14.3 Å². The van der Waals surface area contributed by atoms with E-state index in [4.69, 9.17) is 14.2 Å². The van der Waals surface area contributed by atoms with Crippen LogP contribution in [0.4, 0.5) is 5.69 Å². The smallest absolute Gasteiger partial charge is 0.278 e. The predicted octanol–water partition coefficient (Wildman–Crippen LogP) is 4.41. The summed E-state index contributed by atoms with van der Waals surface area (Å²) in [4.78, 5) is 28.0. The summed E-state index contributed by atoms with van der Waals surface area (Å²) in [6.07, 6.45) is 1.48. The Morgan fingerprint density at radius 3 is 2.39 bits per heavy atom. The predicted molar refractivity (Wildman–Crippen MR) is 128 cm³/mol. The Bertz CT molecular complexity index is 1010. The Hall–Kier alpha value is -3.32. The quantitative estimate of drug-likeness (QED) is 0.380. The molecule has 1 heterocycles. The van der Waals surface area contributed by atoms with Crippen molar-refractivity contribution < 1.29 is 23.8 Å². The topological polar surface area (TPSA) is 77.1 Å². The van der Waals surface area contributed by atoms with Crippen molar-refractivity contribution in [3.05, 3.63) is 59.3 Å². The first-order valence-corrected chi connectivity index (χ1v) is 11.3. The number of nitrogens with zero attached hydrogens (tertiary/aromatic N) is 1. The van der Waals surface area contributed by atoms with Crippen LogP contribution in [0.3, 0.4) is 0 Å². The number of nitrogens with one attached hydrogen (secondary N) is 1. The lowest BCUT2D eigenvalue weighted by Crippen LogP contribution is -2.34. The first-order chi connectivity index (χ1) is 16.0. The molecule has 1 N–H and O–H groups in total. The molecule has 0 radical (unpaired) electrons. The lowest BCUT2D eigenvalue weighted by molar-refractivity contribution is -0.137. The van der Waals surface area contributed by atoms with E-state index in [0.29, 0.717) is 48.8 Å². The molecule has 3 rings (SSSR count). The highest BCUT2D eigenvalue weighted by molar-refractivity contribution is 6.36. The number of anilines is 1. The molecule has 0 bridgehead atoms. The summed E-state index contributed by atoms with van der Waals surface area (Å²) in [5.74, 6) is 0.626. The Morgan fingerprint density at radius 2 is 1.73 bits per heavy atom. The highest BCUT2D eigenvalue weighted by atomic mass is 16.5. The van der Waals surface area contributed by atoms with E-state index < -0.39 is 0 Å². The molecule has 0 atom stereocenters. The van der Waals surface area contributed by atoms with Crippen LogP contribution in [0.25, 0.3) is 5.57 Å². The van der Waals surface area contributed by atoms with E-state index in [9.17, 15) is 9.59 Å². The van der Waals surface area contributed by atoms with Gasteiger partial charge in [-0.2, -0.15) is 0 Å². The maximum atomic E-state index is 13.4. The van der Waals surface area contributed by atoms with Crippen molar-refractivity contribution in [1.82, 2.24) is 4.90 Å². The van der Waals surface area contributed by atoms with Crippen molar-refractivity contribution in [3.8, 4) is 11.5 Å². The van der Waals surface area contributed by atoms with Crippen LogP contribution >= 0.6 is 0 Å². The van der Waals surface area contributed by atoms with E-state index in [1.54, 1.807) is 7.11 Å². The van der Waals surface area contributed by atoms with Crippen LogP contribution in [0.15, 0.2) is 48.2 Å². The Balaban J connectivity index is 1.96. The summed E-state index contributed by atoms with van der Waals surface area (Å²) in [5, 5.41) is 3.19. The number of rotatable bonds is 12. The molecule has 2 amide bonds. The molecule has 0 unspecified atom stereocenters. The normalized spacial score (nSPS) is 13.6. The number of imide groups is 1. The van der Waals surface area contributed by atoms with E-state index in [0.717, 1.165) is 17.7 Å². The zero-order valence-corrected chi connectivity index (χ0v) is 19.8. The molecule has 0 fully saturated rings. The van der Waals surface area contributed by atoms with Crippen molar-refractivity contribution >= 4 is 23.1 Å². The molecule has 2 aromatic rings. The fourth-order valence-electron chi connectivity index (χ4n) is 3.62. The molecule has 1 aliphatic heterocycles. The number of hydrogen-bond acceptors (Lipinski definition) is 6. The second kappa shape index (κ2) is 11.5. The number of ether oxygens (including phenoxy) is 3. The van der Waals surface area contributed by atoms with Gasteiger partial charge in [-0.1, -0.05) is 25.1 Å². The van der Waals surface area contributed by atoms with Crippen molar-refractivity contribution in [2.45, 2.75) is 33.6 Å². The van der Waals surface area contributed by atoms with Gasteiger partial charge in [-0.15, -0.1) is 0 Å². The molecule has 1 aliphatic rings. The molecule has 7 heteroatoms. The molecule has 0 spiro atoms. The fourth-order valence-corrected chi connectivity index (χ4v) is 3.62. The summed E-state index contributed by atoms with van der Waals surface area (Å²) < 4.78 is 16.5. The van der Waals surface area contributed by atoms with E-state index >= 15 is 0 Å². The summed E-state index contributed by atoms with van der Waals surface area (Å²) in [5.41, 5.74) is 2.86. The first kappa shape index (κ1) is 24.3. The largest absolute Gasteiger partial charge is 0.495 e. The van der Waals surface area contributed by atoms with Gasteiger partial charge >= 0.3 is 0 Å². The number of aryl methyl sites for hydroxylation is 1. The number of benzene rings is 2. The van der Waals surface area contributed by atoms with Crippen LogP contribution in [0.1, 0.15) is 37.8 Å². The van der Waals surface area contributed by atoms with E-state index in [1.165, 1.54) is 4.90 Å². The molecular weight excluding hydrogens is 420 g/mol. The highest BCUT2D eigenvalue weighted by Crippen LogP contribution is 2.34. The SMILES string of the molecule is CCCOc1ccc(C2=C(Nc3cc(C)ccc3OC)C(=O)N(CCCOCC)C2=O)cc1. The zero-order chi connectivity index (χ0) is 23.8. The number of hydrogen-bond donors (Lipinski definition) is 1. The van der Waals surface area contributed by atoms with Gasteiger partial charge in [-0.25, -0.2) is 0 Å². The van der Waals surface area contributed by atoms with Crippen LogP contribution < -0.4 is 14.8 Å². The number of carbonyl (C=O) groups excluding carboxylic acids is 2. The van der Waals surface area contributed by atoms with Gasteiger partial charge in [0.05, 0.1) is 25.0 Å². The lowest BCUT2D eigenvalue weighted by Gasteiger charge is -2.16. The van der Waals surface area contributed by atoms with Crippen molar-refractivity contribution in [3.63, 3.8) is 0 Å².